The van der Waals surface area contributed by atoms with E-state index < -0.39 is 0 Å². The van der Waals surface area contributed by atoms with Crippen LogP contribution in [-0.4, -0.2) is 70.9 Å². The van der Waals surface area contributed by atoms with Gasteiger partial charge in [-0.2, -0.15) is 0 Å². The molecule has 2 aromatic heterocycles. The Kier molecular flexibility index (Phi) is 6.35. The Morgan fingerprint density at radius 1 is 1.00 bits per heavy atom. The highest BCUT2D eigenvalue weighted by molar-refractivity contribution is 7.20. The summed E-state index contributed by atoms with van der Waals surface area (Å²) in [6.07, 6.45) is 2.71. The molecule has 184 valence electrons. The largest absolute Gasteiger partial charge is 0.368 e. The van der Waals surface area contributed by atoms with Crippen molar-refractivity contribution in [1.82, 2.24) is 19.8 Å². The number of hydrogen-bond acceptors (Lipinski definition) is 6. The summed E-state index contributed by atoms with van der Waals surface area (Å²) in [6.45, 7) is 10.3. The Morgan fingerprint density at radius 3 is 2.40 bits per heavy atom. The van der Waals surface area contributed by atoms with Crippen molar-refractivity contribution >= 4 is 39.1 Å². The Labute approximate surface area is 208 Å². The van der Waals surface area contributed by atoms with Gasteiger partial charge in [-0.25, -0.2) is 4.98 Å². The number of piperidine rings is 1. The van der Waals surface area contributed by atoms with E-state index in [1.54, 1.807) is 6.92 Å². The maximum Gasteiger partial charge on any atom is 0.264 e. The predicted octanol–water partition coefficient (Wildman–Crippen LogP) is 3.11. The number of piperazine rings is 1. The van der Waals surface area contributed by atoms with E-state index in [0.29, 0.717) is 46.6 Å². The Bertz CT molecular complexity index is 1330. The first-order valence-electron chi connectivity index (χ1n) is 12.2. The number of hydrogen-bond donors (Lipinski definition) is 1. The number of nitrogens with one attached hydrogen (secondary N) is 1. The highest BCUT2D eigenvalue weighted by atomic mass is 32.1. The molecule has 35 heavy (non-hydrogen) atoms. The number of anilines is 1. The third kappa shape index (κ3) is 4.45. The first-order valence-corrected chi connectivity index (χ1v) is 13.0. The lowest BCUT2D eigenvalue weighted by atomic mass is 9.94. The fourth-order valence-electron chi connectivity index (χ4n) is 5.24. The number of aromatic amines is 1. The number of rotatable bonds is 3. The molecule has 0 atom stereocenters. The van der Waals surface area contributed by atoms with Gasteiger partial charge in [0.2, 0.25) is 5.91 Å². The second-order valence-corrected chi connectivity index (χ2v) is 10.6. The molecule has 8 nitrogen and oxygen atoms in total. The van der Waals surface area contributed by atoms with Gasteiger partial charge < -0.3 is 19.7 Å². The number of thiophene rings is 1. The maximum atomic E-state index is 13.2. The van der Waals surface area contributed by atoms with Gasteiger partial charge in [-0.3, -0.25) is 14.4 Å². The molecule has 0 spiro atoms. The number of H-pyrrole nitrogens is 1. The van der Waals surface area contributed by atoms with Crippen LogP contribution in [0, 0.1) is 26.7 Å². The van der Waals surface area contributed by atoms with Crippen molar-refractivity contribution in [1.29, 1.82) is 0 Å². The highest BCUT2D eigenvalue weighted by Crippen LogP contribution is 2.30. The Morgan fingerprint density at radius 2 is 1.71 bits per heavy atom. The van der Waals surface area contributed by atoms with Crippen LogP contribution in [0.1, 0.15) is 39.2 Å². The third-order valence-corrected chi connectivity index (χ3v) is 8.54. The highest BCUT2D eigenvalue weighted by Gasteiger charge is 2.33. The quantitative estimate of drug-likeness (QED) is 0.606. The minimum atomic E-state index is -0.218. The first-order chi connectivity index (χ1) is 16.8. The summed E-state index contributed by atoms with van der Waals surface area (Å²) in [5.41, 5.74) is 4.24. The van der Waals surface area contributed by atoms with Gasteiger partial charge in [0, 0.05) is 50.9 Å². The Balaban J connectivity index is 1.18. The van der Waals surface area contributed by atoms with E-state index in [1.165, 1.54) is 34.5 Å². The predicted molar refractivity (Wildman–Crippen MR) is 138 cm³/mol. The molecule has 0 aliphatic carbocycles. The second-order valence-electron chi connectivity index (χ2n) is 9.64. The Hall–Kier alpha value is -3.20. The smallest absolute Gasteiger partial charge is 0.264 e. The number of aromatic nitrogens is 2. The lowest BCUT2D eigenvalue weighted by Crippen LogP contribution is -2.52. The molecule has 9 heteroatoms. The topological polar surface area (TPSA) is 89.6 Å². The maximum absolute atomic E-state index is 13.2. The molecule has 1 N–H and O–H groups in total. The molecule has 1 aromatic carbocycles. The molecule has 5 rings (SSSR count). The van der Waals surface area contributed by atoms with Gasteiger partial charge in [0.05, 0.1) is 16.6 Å². The molecule has 2 amide bonds. The normalized spacial score (nSPS) is 17.3. The van der Waals surface area contributed by atoms with E-state index in [1.807, 2.05) is 9.80 Å². The average Bonchev–Trinajstić information content (AvgIpc) is 3.22. The number of likely N-dealkylation sites (tertiary alicyclic amines) is 1. The zero-order valence-electron chi connectivity index (χ0n) is 20.5. The van der Waals surface area contributed by atoms with Gasteiger partial charge in [-0.1, -0.05) is 12.1 Å². The zero-order valence-corrected chi connectivity index (χ0v) is 21.3. The lowest BCUT2D eigenvalue weighted by Gasteiger charge is -2.39. The fraction of sp³-hybridized carbons (Fsp3) is 0.462. The number of carbonyl (C=O) groups excluding carboxylic acids is 2. The molecule has 0 bridgehead atoms. The molecule has 2 fully saturated rings. The number of nitrogens with zero attached hydrogens (tertiary/aromatic N) is 4. The van der Waals surface area contributed by atoms with E-state index in [2.05, 4.69) is 46.9 Å². The van der Waals surface area contributed by atoms with Crippen molar-refractivity contribution in [2.45, 2.75) is 33.6 Å². The molecule has 2 aliphatic heterocycles. The summed E-state index contributed by atoms with van der Waals surface area (Å²) >= 11 is 1.27. The molecule has 2 saturated heterocycles. The summed E-state index contributed by atoms with van der Waals surface area (Å²) in [7, 11) is 0. The summed E-state index contributed by atoms with van der Waals surface area (Å²) in [5.74, 6) is 0.101. The number of fused-ring (bicyclic) bond motifs is 1. The van der Waals surface area contributed by atoms with Crippen molar-refractivity contribution in [2.24, 2.45) is 5.92 Å². The first kappa shape index (κ1) is 23.5. The van der Waals surface area contributed by atoms with Gasteiger partial charge in [0.1, 0.15) is 4.83 Å². The van der Waals surface area contributed by atoms with Gasteiger partial charge in [-0.05, 0) is 56.4 Å². The van der Waals surface area contributed by atoms with Crippen LogP contribution in [0.15, 0.2) is 29.3 Å². The summed E-state index contributed by atoms with van der Waals surface area (Å²) < 4.78 is 0. The fourth-order valence-corrected chi connectivity index (χ4v) is 6.36. The van der Waals surface area contributed by atoms with Crippen LogP contribution in [0.3, 0.4) is 0 Å². The number of aryl methyl sites for hydroxylation is 3. The molecule has 0 unspecified atom stereocenters. The molecule has 3 aromatic rings. The van der Waals surface area contributed by atoms with Crippen molar-refractivity contribution in [3.05, 3.63) is 56.4 Å². The number of carbonyl (C=O) groups is 2. The number of amides is 2. The second kappa shape index (κ2) is 9.45. The van der Waals surface area contributed by atoms with E-state index >= 15 is 0 Å². The molecule has 4 heterocycles. The zero-order chi connectivity index (χ0) is 24.7. The lowest BCUT2D eigenvalue weighted by molar-refractivity contribution is -0.137. The minimum absolute atomic E-state index is 0.0423. The summed E-state index contributed by atoms with van der Waals surface area (Å²) in [6, 6.07) is 6.52. The van der Waals surface area contributed by atoms with E-state index in [9.17, 15) is 14.4 Å². The van der Waals surface area contributed by atoms with Crippen molar-refractivity contribution < 1.29 is 9.59 Å². The van der Waals surface area contributed by atoms with Crippen molar-refractivity contribution in [2.75, 3.05) is 44.2 Å². The molecule has 0 radical (unpaired) electrons. The number of benzene rings is 1. The standard InChI is InChI=1S/C26H31N5O3S/c1-16-4-5-17(2)20(14-16)29-10-12-31(13-11-29)25(33)19-6-8-30(9-7-19)26(34)22-18(3)21-23(32)27-15-28-24(21)35-22/h4-5,14-15,19H,6-13H2,1-3H3,(H,27,28,32). The molecular formula is C26H31N5O3S. The van der Waals surface area contributed by atoms with Gasteiger partial charge in [0.25, 0.3) is 11.5 Å². The van der Waals surface area contributed by atoms with Gasteiger partial charge in [0.15, 0.2) is 0 Å². The average molecular weight is 494 g/mol. The third-order valence-electron chi connectivity index (χ3n) is 7.36. The van der Waals surface area contributed by atoms with Crippen molar-refractivity contribution in [3.63, 3.8) is 0 Å². The molecule has 2 aliphatic rings. The van der Waals surface area contributed by atoms with Crippen LogP contribution in [-0.2, 0) is 4.79 Å². The van der Waals surface area contributed by atoms with Crippen LogP contribution in [0.5, 0.6) is 0 Å². The van der Waals surface area contributed by atoms with E-state index in [-0.39, 0.29) is 23.3 Å². The van der Waals surface area contributed by atoms with Crippen LogP contribution in [0.25, 0.3) is 10.2 Å². The summed E-state index contributed by atoms with van der Waals surface area (Å²) in [4.78, 5) is 52.7. The minimum Gasteiger partial charge on any atom is -0.368 e. The monoisotopic (exact) mass is 493 g/mol. The van der Waals surface area contributed by atoms with Crippen LogP contribution in [0.2, 0.25) is 0 Å². The van der Waals surface area contributed by atoms with Crippen LogP contribution >= 0.6 is 11.3 Å². The molecule has 0 saturated carbocycles. The van der Waals surface area contributed by atoms with E-state index in [4.69, 9.17) is 0 Å². The van der Waals surface area contributed by atoms with Crippen molar-refractivity contribution in [3.8, 4) is 0 Å². The van der Waals surface area contributed by atoms with Crippen LogP contribution < -0.4 is 10.5 Å². The summed E-state index contributed by atoms with van der Waals surface area (Å²) in [5, 5.41) is 0.492. The van der Waals surface area contributed by atoms with E-state index in [0.717, 1.165) is 26.2 Å². The SMILES string of the molecule is Cc1ccc(C)c(N2CCN(C(=O)C3CCN(C(=O)c4sc5nc[nH]c(=O)c5c4C)CC3)CC2)c1. The molecular weight excluding hydrogens is 462 g/mol. The van der Waals surface area contributed by atoms with Gasteiger partial charge >= 0.3 is 0 Å². The van der Waals surface area contributed by atoms with Gasteiger partial charge in [-0.15, -0.1) is 11.3 Å². The van der Waals surface area contributed by atoms with Crippen LogP contribution in [0.4, 0.5) is 5.69 Å².